The van der Waals surface area contributed by atoms with E-state index in [4.69, 9.17) is 0 Å². The van der Waals surface area contributed by atoms with E-state index in [0.29, 0.717) is 12.0 Å². The van der Waals surface area contributed by atoms with E-state index < -0.39 is 0 Å². The zero-order chi connectivity index (χ0) is 12.8. The molecule has 1 rings (SSSR count). The molecule has 0 fully saturated rings. The molecule has 0 aliphatic carbocycles. The Morgan fingerprint density at radius 1 is 1.18 bits per heavy atom. The molecule has 0 saturated heterocycles. The van der Waals surface area contributed by atoms with Gasteiger partial charge in [-0.3, -0.25) is 9.59 Å². The summed E-state index contributed by atoms with van der Waals surface area (Å²) in [4.78, 5) is 23.0. The van der Waals surface area contributed by atoms with E-state index in [1.807, 2.05) is 32.9 Å². The van der Waals surface area contributed by atoms with Gasteiger partial charge in [0.15, 0.2) is 5.78 Å². The van der Waals surface area contributed by atoms with Crippen molar-refractivity contribution < 1.29 is 9.59 Å². The Hall–Kier alpha value is -1.64. The Kier molecular flexibility index (Phi) is 4.88. The van der Waals surface area contributed by atoms with Crippen LogP contribution in [0.25, 0.3) is 0 Å². The SMILES string of the molecule is CCCC(=O)NCC(=O)c1ccc(C)c(C)c1. The van der Waals surface area contributed by atoms with Crippen LogP contribution in [-0.2, 0) is 4.79 Å². The van der Waals surface area contributed by atoms with Gasteiger partial charge >= 0.3 is 0 Å². The molecule has 3 heteroatoms. The lowest BCUT2D eigenvalue weighted by molar-refractivity contribution is -0.120. The second-order valence-electron chi connectivity index (χ2n) is 4.25. The van der Waals surface area contributed by atoms with Crippen molar-refractivity contribution in [2.24, 2.45) is 0 Å². The normalized spacial score (nSPS) is 10.1. The largest absolute Gasteiger partial charge is 0.349 e. The van der Waals surface area contributed by atoms with E-state index in [-0.39, 0.29) is 18.2 Å². The van der Waals surface area contributed by atoms with Gasteiger partial charge < -0.3 is 5.32 Å². The number of ketones is 1. The Morgan fingerprint density at radius 3 is 2.47 bits per heavy atom. The van der Waals surface area contributed by atoms with Gasteiger partial charge in [0.25, 0.3) is 0 Å². The molecule has 92 valence electrons. The summed E-state index contributed by atoms with van der Waals surface area (Å²) < 4.78 is 0. The van der Waals surface area contributed by atoms with Crippen molar-refractivity contribution >= 4 is 11.7 Å². The minimum atomic E-state index is -0.0651. The van der Waals surface area contributed by atoms with Gasteiger partial charge in [-0.05, 0) is 37.5 Å². The van der Waals surface area contributed by atoms with Gasteiger partial charge in [-0.1, -0.05) is 19.1 Å². The minimum absolute atomic E-state index is 0.0439. The van der Waals surface area contributed by atoms with Gasteiger partial charge in [0, 0.05) is 12.0 Å². The third-order valence-corrected chi connectivity index (χ3v) is 2.75. The van der Waals surface area contributed by atoms with Crippen molar-refractivity contribution in [3.05, 3.63) is 34.9 Å². The van der Waals surface area contributed by atoms with Crippen LogP contribution in [0.3, 0.4) is 0 Å². The number of hydrogen-bond acceptors (Lipinski definition) is 2. The molecule has 0 aliphatic rings. The fourth-order valence-electron chi connectivity index (χ4n) is 1.51. The molecule has 0 radical (unpaired) electrons. The first-order valence-corrected chi connectivity index (χ1v) is 5.91. The maximum atomic E-state index is 11.8. The number of aryl methyl sites for hydroxylation is 2. The first-order chi connectivity index (χ1) is 8.04. The molecular weight excluding hydrogens is 214 g/mol. The minimum Gasteiger partial charge on any atom is -0.349 e. The zero-order valence-electron chi connectivity index (χ0n) is 10.7. The molecule has 0 bridgehead atoms. The number of rotatable bonds is 5. The predicted octanol–water partition coefficient (Wildman–Crippen LogP) is 2.40. The standard InChI is InChI=1S/C14H19NO2/c1-4-5-14(17)15-9-13(16)12-7-6-10(2)11(3)8-12/h6-8H,4-5,9H2,1-3H3,(H,15,17). The van der Waals surface area contributed by atoms with Crippen LogP contribution in [0.15, 0.2) is 18.2 Å². The van der Waals surface area contributed by atoms with Crippen LogP contribution >= 0.6 is 0 Å². The molecule has 1 N–H and O–H groups in total. The molecule has 0 unspecified atom stereocenters. The predicted molar refractivity (Wildman–Crippen MR) is 68.2 cm³/mol. The highest BCUT2D eigenvalue weighted by atomic mass is 16.2. The Balaban J connectivity index is 2.58. The number of nitrogens with one attached hydrogen (secondary N) is 1. The van der Waals surface area contributed by atoms with Crippen LogP contribution in [0.2, 0.25) is 0 Å². The summed E-state index contributed by atoms with van der Waals surface area (Å²) in [6.07, 6.45) is 1.27. The molecule has 0 saturated carbocycles. The van der Waals surface area contributed by atoms with Crippen LogP contribution in [0.4, 0.5) is 0 Å². The maximum Gasteiger partial charge on any atom is 0.220 e. The summed E-state index contributed by atoms with van der Waals surface area (Å²) in [7, 11) is 0. The van der Waals surface area contributed by atoms with E-state index >= 15 is 0 Å². The molecule has 0 atom stereocenters. The molecule has 0 aromatic heterocycles. The molecule has 0 aliphatic heterocycles. The number of carbonyl (C=O) groups excluding carboxylic acids is 2. The zero-order valence-corrected chi connectivity index (χ0v) is 10.7. The Morgan fingerprint density at radius 2 is 1.88 bits per heavy atom. The number of hydrogen-bond donors (Lipinski definition) is 1. The van der Waals surface area contributed by atoms with Gasteiger partial charge in [0.2, 0.25) is 5.91 Å². The molecule has 3 nitrogen and oxygen atoms in total. The molecule has 0 spiro atoms. The average Bonchev–Trinajstić information content (AvgIpc) is 2.30. The number of carbonyl (C=O) groups is 2. The number of amides is 1. The van der Waals surface area contributed by atoms with Gasteiger partial charge in [-0.25, -0.2) is 0 Å². The van der Waals surface area contributed by atoms with Gasteiger partial charge in [0.1, 0.15) is 0 Å². The van der Waals surface area contributed by atoms with Crippen LogP contribution in [0, 0.1) is 13.8 Å². The lowest BCUT2D eigenvalue weighted by Crippen LogP contribution is -2.29. The van der Waals surface area contributed by atoms with Crippen LogP contribution in [0.1, 0.15) is 41.3 Å². The molecule has 0 heterocycles. The molecule has 1 aromatic carbocycles. The summed E-state index contributed by atoms with van der Waals surface area (Å²) in [6, 6.07) is 5.59. The third-order valence-electron chi connectivity index (χ3n) is 2.75. The Bertz CT molecular complexity index is 424. The summed E-state index contributed by atoms with van der Waals surface area (Å²) in [5, 5.41) is 2.63. The average molecular weight is 233 g/mol. The van der Waals surface area contributed by atoms with E-state index in [1.54, 1.807) is 6.07 Å². The summed E-state index contributed by atoms with van der Waals surface area (Å²) in [5.74, 6) is -0.109. The topological polar surface area (TPSA) is 46.2 Å². The van der Waals surface area contributed by atoms with Gasteiger partial charge in [0.05, 0.1) is 6.54 Å². The van der Waals surface area contributed by atoms with Crippen molar-refractivity contribution in [2.45, 2.75) is 33.6 Å². The van der Waals surface area contributed by atoms with E-state index in [1.165, 1.54) is 0 Å². The summed E-state index contributed by atoms with van der Waals surface area (Å²) in [6.45, 7) is 6.00. The van der Waals surface area contributed by atoms with E-state index in [0.717, 1.165) is 17.5 Å². The monoisotopic (exact) mass is 233 g/mol. The molecule has 1 aromatic rings. The van der Waals surface area contributed by atoms with Crippen molar-refractivity contribution in [3.8, 4) is 0 Å². The van der Waals surface area contributed by atoms with Crippen molar-refractivity contribution in [3.63, 3.8) is 0 Å². The lowest BCUT2D eigenvalue weighted by Gasteiger charge is -2.06. The highest BCUT2D eigenvalue weighted by Crippen LogP contribution is 2.10. The van der Waals surface area contributed by atoms with E-state index in [2.05, 4.69) is 5.32 Å². The smallest absolute Gasteiger partial charge is 0.220 e. The molecule has 1 amide bonds. The number of Topliss-reactive ketones (excluding diaryl/α,β-unsaturated/α-hetero) is 1. The van der Waals surface area contributed by atoms with Crippen LogP contribution < -0.4 is 5.32 Å². The summed E-state index contributed by atoms with van der Waals surface area (Å²) in [5.41, 5.74) is 2.91. The lowest BCUT2D eigenvalue weighted by atomic mass is 10.0. The van der Waals surface area contributed by atoms with Gasteiger partial charge in [-0.2, -0.15) is 0 Å². The first kappa shape index (κ1) is 13.4. The van der Waals surface area contributed by atoms with Crippen molar-refractivity contribution in [1.29, 1.82) is 0 Å². The summed E-state index contributed by atoms with van der Waals surface area (Å²) >= 11 is 0. The Labute approximate surface area is 102 Å². The highest BCUT2D eigenvalue weighted by molar-refractivity contribution is 5.99. The van der Waals surface area contributed by atoms with Crippen LogP contribution in [-0.4, -0.2) is 18.2 Å². The maximum absolute atomic E-state index is 11.8. The van der Waals surface area contributed by atoms with Crippen molar-refractivity contribution in [1.82, 2.24) is 5.32 Å². The van der Waals surface area contributed by atoms with Crippen LogP contribution in [0.5, 0.6) is 0 Å². The first-order valence-electron chi connectivity index (χ1n) is 5.91. The third kappa shape index (κ3) is 4.02. The van der Waals surface area contributed by atoms with E-state index in [9.17, 15) is 9.59 Å². The number of benzene rings is 1. The van der Waals surface area contributed by atoms with Gasteiger partial charge in [-0.15, -0.1) is 0 Å². The fourth-order valence-corrected chi connectivity index (χ4v) is 1.51. The van der Waals surface area contributed by atoms with Crippen molar-refractivity contribution in [2.75, 3.05) is 6.54 Å². The second kappa shape index (κ2) is 6.18. The highest BCUT2D eigenvalue weighted by Gasteiger charge is 2.08. The molecular formula is C14H19NO2. The second-order valence-corrected chi connectivity index (χ2v) is 4.25. The quantitative estimate of drug-likeness (QED) is 0.794. The molecule has 17 heavy (non-hydrogen) atoms. The fraction of sp³-hybridized carbons (Fsp3) is 0.429.